The molecule has 1 N–H and O–H groups in total. The number of fused-ring (bicyclic) bond motifs is 1. The Labute approximate surface area is 188 Å². The van der Waals surface area contributed by atoms with Gasteiger partial charge in [-0.05, 0) is 36.5 Å². The monoisotopic (exact) mass is 447 g/mol. The van der Waals surface area contributed by atoms with E-state index in [1.165, 1.54) is 35.9 Å². The Hall–Kier alpha value is -2.90. The van der Waals surface area contributed by atoms with Gasteiger partial charge in [-0.3, -0.25) is 14.2 Å². The highest BCUT2D eigenvalue weighted by Gasteiger charge is 2.22. The van der Waals surface area contributed by atoms with Crippen LogP contribution >= 0.6 is 23.1 Å². The number of thiophene rings is 1. The molecular weight excluding hydrogens is 426 g/mol. The fourth-order valence-electron chi connectivity index (χ4n) is 3.47. The second-order valence-electron chi connectivity index (χ2n) is 7.60. The van der Waals surface area contributed by atoms with E-state index in [1.54, 1.807) is 4.57 Å². The highest BCUT2D eigenvalue weighted by atomic mass is 32.2. The van der Waals surface area contributed by atoms with Crippen LogP contribution in [0.2, 0.25) is 0 Å². The van der Waals surface area contributed by atoms with Gasteiger partial charge in [-0.25, -0.2) is 4.98 Å². The van der Waals surface area contributed by atoms with Gasteiger partial charge in [0, 0.05) is 17.5 Å². The molecule has 2 aromatic carbocycles. The summed E-state index contributed by atoms with van der Waals surface area (Å²) in [4.78, 5) is 31.5. The summed E-state index contributed by atoms with van der Waals surface area (Å²) >= 11 is 2.76. The van der Waals surface area contributed by atoms with Crippen molar-refractivity contribution in [3.05, 3.63) is 76.4 Å². The Morgan fingerprint density at radius 1 is 1.10 bits per heavy atom. The quantitative estimate of drug-likeness (QED) is 0.329. The minimum absolute atomic E-state index is 0.0259. The van der Waals surface area contributed by atoms with Crippen molar-refractivity contribution in [3.8, 4) is 16.8 Å². The van der Waals surface area contributed by atoms with Gasteiger partial charge in [-0.1, -0.05) is 60.3 Å². The van der Waals surface area contributed by atoms with Crippen molar-refractivity contribution in [3.63, 3.8) is 0 Å². The molecule has 0 unspecified atom stereocenters. The number of para-hydroxylation sites is 1. The molecule has 0 aliphatic heterocycles. The van der Waals surface area contributed by atoms with Crippen LogP contribution in [-0.4, -0.2) is 27.8 Å². The smallest absolute Gasteiger partial charge is 0.268 e. The van der Waals surface area contributed by atoms with Crippen LogP contribution in [0.25, 0.3) is 27.0 Å². The highest BCUT2D eigenvalue weighted by Crippen LogP contribution is 2.33. The Balaban J connectivity index is 1.56. The van der Waals surface area contributed by atoms with Gasteiger partial charge in [0.2, 0.25) is 5.91 Å². The van der Waals surface area contributed by atoms with Gasteiger partial charge in [0.1, 0.15) is 4.83 Å². The number of carbonyl (C=O) groups excluding carboxylic acids is 1. The SMILES string of the molecule is O=C(CSc1nc2scc(-c3ccccc3)c2c(=O)n1-c1ccccc1)NCC1CC1. The van der Waals surface area contributed by atoms with E-state index in [2.05, 4.69) is 5.32 Å². The van der Waals surface area contributed by atoms with Gasteiger partial charge in [0.15, 0.2) is 5.16 Å². The van der Waals surface area contributed by atoms with Gasteiger partial charge in [0.25, 0.3) is 5.56 Å². The predicted octanol–water partition coefficient (Wildman–Crippen LogP) is 4.73. The topological polar surface area (TPSA) is 64.0 Å². The van der Waals surface area contributed by atoms with Crippen LogP contribution in [0.1, 0.15) is 12.8 Å². The number of benzene rings is 2. The second-order valence-corrected chi connectivity index (χ2v) is 9.40. The highest BCUT2D eigenvalue weighted by molar-refractivity contribution is 7.99. The molecule has 0 spiro atoms. The third-order valence-electron chi connectivity index (χ3n) is 5.29. The molecule has 5 nitrogen and oxygen atoms in total. The third kappa shape index (κ3) is 4.29. The molecule has 7 heteroatoms. The first-order valence-electron chi connectivity index (χ1n) is 10.3. The molecule has 0 radical (unpaired) electrons. The summed E-state index contributed by atoms with van der Waals surface area (Å²) in [6.07, 6.45) is 2.39. The number of nitrogens with zero attached hydrogens (tertiary/aromatic N) is 2. The Morgan fingerprint density at radius 3 is 2.52 bits per heavy atom. The molecule has 0 atom stereocenters. The van der Waals surface area contributed by atoms with Crippen LogP contribution in [-0.2, 0) is 4.79 Å². The first kappa shape index (κ1) is 20.0. The molecular formula is C24H21N3O2S2. The summed E-state index contributed by atoms with van der Waals surface area (Å²) < 4.78 is 1.63. The van der Waals surface area contributed by atoms with Crippen molar-refractivity contribution >= 4 is 39.2 Å². The summed E-state index contributed by atoms with van der Waals surface area (Å²) in [6.45, 7) is 0.739. The average molecular weight is 448 g/mol. The number of carbonyl (C=O) groups is 1. The number of aromatic nitrogens is 2. The Morgan fingerprint density at radius 2 is 1.81 bits per heavy atom. The van der Waals surface area contributed by atoms with Crippen molar-refractivity contribution in [1.82, 2.24) is 14.9 Å². The lowest BCUT2D eigenvalue weighted by molar-refractivity contribution is -0.118. The van der Waals surface area contributed by atoms with Crippen molar-refractivity contribution in [1.29, 1.82) is 0 Å². The van der Waals surface area contributed by atoms with Crippen LogP contribution in [0.5, 0.6) is 0 Å². The Bertz CT molecular complexity index is 1280. The van der Waals surface area contributed by atoms with E-state index in [4.69, 9.17) is 4.98 Å². The molecule has 5 rings (SSSR count). The summed E-state index contributed by atoms with van der Waals surface area (Å²) in [6, 6.07) is 19.4. The number of hydrogen-bond donors (Lipinski definition) is 1. The standard InChI is InChI=1S/C24H21N3O2S2/c28-20(25-13-16-11-12-16)15-31-24-26-22-21(19(14-30-22)17-7-3-1-4-8-17)23(29)27(24)18-9-5-2-6-10-18/h1-10,14,16H,11-13,15H2,(H,25,28). The van der Waals surface area contributed by atoms with Crippen LogP contribution in [0.15, 0.2) is 76.0 Å². The summed E-state index contributed by atoms with van der Waals surface area (Å²) in [7, 11) is 0. The van der Waals surface area contributed by atoms with Crippen LogP contribution in [0.3, 0.4) is 0 Å². The van der Waals surface area contributed by atoms with Crippen LogP contribution in [0.4, 0.5) is 0 Å². The lowest BCUT2D eigenvalue weighted by atomic mass is 10.1. The van der Waals surface area contributed by atoms with E-state index in [0.29, 0.717) is 21.3 Å². The molecule has 31 heavy (non-hydrogen) atoms. The first-order chi connectivity index (χ1) is 15.2. The molecule has 156 valence electrons. The number of thioether (sulfide) groups is 1. The number of hydrogen-bond acceptors (Lipinski definition) is 5. The van der Waals surface area contributed by atoms with Gasteiger partial charge < -0.3 is 5.32 Å². The zero-order chi connectivity index (χ0) is 21.2. The van der Waals surface area contributed by atoms with Crippen molar-refractivity contribution < 1.29 is 4.79 Å². The molecule has 0 bridgehead atoms. The number of rotatable bonds is 7. The minimum atomic E-state index is -0.114. The van der Waals surface area contributed by atoms with E-state index < -0.39 is 0 Å². The lowest BCUT2D eigenvalue weighted by Gasteiger charge is -2.12. The molecule has 1 aliphatic rings. The molecule has 1 aliphatic carbocycles. The van der Waals surface area contributed by atoms with Crippen LogP contribution < -0.4 is 10.9 Å². The summed E-state index contributed by atoms with van der Waals surface area (Å²) in [5, 5.41) is 6.11. The average Bonchev–Trinajstić information content (AvgIpc) is 3.54. The van der Waals surface area contributed by atoms with Gasteiger partial charge in [-0.2, -0.15) is 0 Å². The fraction of sp³-hybridized carbons (Fsp3) is 0.208. The maximum Gasteiger partial charge on any atom is 0.268 e. The lowest BCUT2D eigenvalue weighted by Crippen LogP contribution is -2.28. The largest absolute Gasteiger partial charge is 0.355 e. The molecule has 0 saturated heterocycles. The van der Waals surface area contributed by atoms with E-state index in [1.807, 2.05) is 66.0 Å². The minimum Gasteiger partial charge on any atom is -0.355 e. The van der Waals surface area contributed by atoms with E-state index in [0.717, 1.165) is 23.4 Å². The Kier molecular flexibility index (Phi) is 5.61. The van der Waals surface area contributed by atoms with E-state index in [-0.39, 0.29) is 17.2 Å². The summed E-state index contributed by atoms with van der Waals surface area (Å²) in [5.41, 5.74) is 2.51. The maximum atomic E-state index is 13.7. The number of amides is 1. The molecule has 2 heterocycles. The molecule has 2 aromatic heterocycles. The third-order valence-corrected chi connectivity index (χ3v) is 7.10. The molecule has 4 aromatic rings. The molecule has 1 saturated carbocycles. The van der Waals surface area contributed by atoms with Crippen molar-refractivity contribution in [2.24, 2.45) is 5.92 Å². The van der Waals surface area contributed by atoms with Gasteiger partial charge in [0.05, 0.1) is 16.8 Å². The van der Waals surface area contributed by atoms with Crippen LogP contribution in [0, 0.1) is 5.92 Å². The van der Waals surface area contributed by atoms with E-state index >= 15 is 0 Å². The second kappa shape index (κ2) is 8.69. The zero-order valence-electron chi connectivity index (χ0n) is 16.8. The van der Waals surface area contributed by atoms with Crippen molar-refractivity contribution in [2.75, 3.05) is 12.3 Å². The van der Waals surface area contributed by atoms with Gasteiger partial charge >= 0.3 is 0 Å². The maximum absolute atomic E-state index is 13.7. The van der Waals surface area contributed by atoms with Gasteiger partial charge in [-0.15, -0.1) is 11.3 Å². The molecule has 1 fully saturated rings. The van der Waals surface area contributed by atoms with E-state index in [9.17, 15) is 9.59 Å². The normalized spacial score (nSPS) is 13.4. The first-order valence-corrected chi connectivity index (χ1v) is 12.1. The number of nitrogens with one attached hydrogen (secondary N) is 1. The summed E-state index contributed by atoms with van der Waals surface area (Å²) in [5.74, 6) is 0.837. The van der Waals surface area contributed by atoms with Crippen molar-refractivity contribution in [2.45, 2.75) is 18.0 Å². The molecule has 1 amide bonds. The zero-order valence-corrected chi connectivity index (χ0v) is 18.4. The fourth-order valence-corrected chi connectivity index (χ4v) is 5.30. The predicted molar refractivity (Wildman–Crippen MR) is 127 cm³/mol.